The molecule has 94 valence electrons. The first-order valence-corrected chi connectivity index (χ1v) is 6.26. The van der Waals surface area contributed by atoms with Gasteiger partial charge in [-0.3, -0.25) is 0 Å². The number of hydrogen-bond acceptors (Lipinski definition) is 5. The third-order valence-corrected chi connectivity index (χ3v) is 3.33. The highest BCUT2D eigenvalue weighted by atomic mass is 32.1. The zero-order chi connectivity index (χ0) is 13.0. The van der Waals surface area contributed by atoms with Crippen LogP contribution < -0.4 is 10.6 Å². The Morgan fingerprint density at radius 2 is 2.17 bits per heavy atom. The largest absolute Gasteiger partial charge is 0.409 e. The molecule has 1 aromatic carbocycles. The Hall–Kier alpha value is -2.08. The fraction of sp³-hybridized carbons (Fsp3) is 0.167. The number of hydrogen-bond donors (Lipinski definition) is 2. The second kappa shape index (κ2) is 5.50. The van der Waals surface area contributed by atoms with Crippen LogP contribution in [0.2, 0.25) is 0 Å². The molecule has 0 radical (unpaired) electrons. The van der Waals surface area contributed by atoms with Crippen LogP contribution >= 0.6 is 11.3 Å². The van der Waals surface area contributed by atoms with Crippen LogP contribution in [0.25, 0.3) is 0 Å². The lowest BCUT2D eigenvalue weighted by atomic mass is 10.2. The van der Waals surface area contributed by atoms with Crippen LogP contribution in [0, 0.1) is 0 Å². The molecule has 0 aliphatic carbocycles. The molecule has 18 heavy (non-hydrogen) atoms. The van der Waals surface area contributed by atoms with Crippen molar-refractivity contribution in [3.63, 3.8) is 0 Å². The topological polar surface area (TPSA) is 74.7 Å². The maximum atomic E-state index is 8.58. The molecule has 0 aliphatic rings. The summed E-state index contributed by atoms with van der Waals surface area (Å²) >= 11 is 1.63. The van der Waals surface area contributed by atoms with E-state index in [4.69, 9.17) is 10.9 Å². The van der Waals surface area contributed by atoms with Gasteiger partial charge >= 0.3 is 0 Å². The molecule has 0 bridgehead atoms. The third kappa shape index (κ3) is 2.78. The monoisotopic (exact) mass is 262 g/mol. The summed E-state index contributed by atoms with van der Waals surface area (Å²) in [4.78, 5) is 6.34. The van der Waals surface area contributed by atoms with E-state index < -0.39 is 0 Å². The molecule has 0 unspecified atom stereocenters. The van der Waals surface area contributed by atoms with E-state index in [9.17, 15) is 0 Å². The summed E-state index contributed by atoms with van der Waals surface area (Å²) in [5.74, 6) is 0.115. The van der Waals surface area contributed by atoms with E-state index >= 15 is 0 Å². The van der Waals surface area contributed by atoms with E-state index in [2.05, 4.69) is 15.0 Å². The fourth-order valence-corrected chi connectivity index (χ4v) is 2.24. The lowest BCUT2D eigenvalue weighted by Gasteiger charge is -2.18. The van der Waals surface area contributed by atoms with Gasteiger partial charge in [0.15, 0.2) is 5.84 Å². The van der Waals surface area contributed by atoms with E-state index in [0.29, 0.717) is 5.56 Å². The van der Waals surface area contributed by atoms with Gasteiger partial charge in [-0.15, -0.1) is 11.3 Å². The van der Waals surface area contributed by atoms with Crippen molar-refractivity contribution in [3.05, 3.63) is 46.4 Å². The van der Waals surface area contributed by atoms with Crippen LogP contribution in [0.5, 0.6) is 0 Å². The molecule has 6 heteroatoms. The summed E-state index contributed by atoms with van der Waals surface area (Å²) in [7, 11) is 2.00. The highest BCUT2D eigenvalue weighted by Gasteiger charge is 2.05. The van der Waals surface area contributed by atoms with E-state index in [0.717, 1.165) is 17.2 Å². The molecule has 1 heterocycles. The molecule has 0 spiro atoms. The van der Waals surface area contributed by atoms with Gasteiger partial charge in [0, 0.05) is 29.9 Å². The molecule has 5 nitrogen and oxygen atoms in total. The zero-order valence-corrected chi connectivity index (χ0v) is 10.8. The third-order valence-electron chi connectivity index (χ3n) is 2.57. The van der Waals surface area contributed by atoms with Crippen LogP contribution in [-0.4, -0.2) is 23.1 Å². The molecule has 0 saturated heterocycles. The Morgan fingerprint density at radius 3 is 2.72 bits per heavy atom. The Bertz CT molecular complexity index is 522. The molecule has 2 aromatic rings. The van der Waals surface area contributed by atoms with Gasteiger partial charge in [0.2, 0.25) is 0 Å². The molecule has 2 rings (SSSR count). The number of nitrogens with two attached hydrogens (primary N) is 1. The first-order chi connectivity index (χ1) is 8.70. The van der Waals surface area contributed by atoms with Gasteiger partial charge in [-0.1, -0.05) is 5.16 Å². The number of nitrogens with zero attached hydrogens (tertiary/aromatic N) is 3. The molecular weight excluding hydrogens is 248 g/mol. The van der Waals surface area contributed by atoms with Gasteiger partial charge in [-0.2, -0.15) is 0 Å². The average Bonchev–Trinajstić information content (AvgIpc) is 2.91. The Morgan fingerprint density at radius 1 is 1.44 bits per heavy atom. The van der Waals surface area contributed by atoms with Crippen molar-refractivity contribution in [1.82, 2.24) is 4.98 Å². The second-order valence-electron chi connectivity index (χ2n) is 3.81. The SMILES string of the molecule is CN(Cc1nccs1)c1ccc(C(N)=NO)cc1. The fourth-order valence-electron chi connectivity index (χ4n) is 1.57. The minimum Gasteiger partial charge on any atom is -0.409 e. The summed E-state index contributed by atoms with van der Waals surface area (Å²) in [5.41, 5.74) is 7.26. The number of aromatic nitrogens is 1. The smallest absolute Gasteiger partial charge is 0.170 e. The van der Waals surface area contributed by atoms with Crippen LogP contribution in [-0.2, 0) is 6.54 Å². The first kappa shape index (κ1) is 12.4. The maximum Gasteiger partial charge on any atom is 0.170 e. The van der Waals surface area contributed by atoms with Crippen LogP contribution in [0.3, 0.4) is 0 Å². The lowest BCUT2D eigenvalue weighted by molar-refractivity contribution is 0.318. The molecule has 0 aliphatic heterocycles. The van der Waals surface area contributed by atoms with E-state index in [-0.39, 0.29) is 5.84 Å². The van der Waals surface area contributed by atoms with E-state index in [1.807, 2.05) is 36.7 Å². The van der Waals surface area contributed by atoms with Gasteiger partial charge in [0.25, 0.3) is 0 Å². The van der Waals surface area contributed by atoms with Crippen LogP contribution in [0.1, 0.15) is 10.6 Å². The van der Waals surface area contributed by atoms with Crippen molar-refractivity contribution in [1.29, 1.82) is 0 Å². The summed E-state index contributed by atoms with van der Waals surface area (Å²) in [5, 5.41) is 14.6. The predicted octanol–water partition coefficient (Wildman–Crippen LogP) is 1.87. The highest BCUT2D eigenvalue weighted by molar-refractivity contribution is 7.09. The molecule has 3 N–H and O–H groups in total. The predicted molar refractivity (Wildman–Crippen MR) is 73.2 cm³/mol. The van der Waals surface area contributed by atoms with Crippen LogP contribution in [0.4, 0.5) is 5.69 Å². The van der Waals surface area contributed by atoms with Gasteiger partial charge in [-0.05, 0) is 24.3 Å². The molecule has 0 saturated carbocycles. The number of anilines is 1. The number of amidine groups is 1. The van der Waals surface area contributed by atoms with Crippen molar-refractivity contribution in [2.24, 2.45) is 10.9 Å². The second-order valence-corrected chi connectivity index (χ2v) is 4.79. The van der Waals surface area contributed by atoms with Crippen molar-refractivity contribution in [2.75, 3.05) is 11.9 Å². The number of benzene rings is 1. The quantitative estimate of drug-likeness (QED) is 0.382. The molecule has 1 aromatic heterocycles. The Kier molecular flexibility index (Phi) is 3.78. The minimum absolute atomic E-state index is 0.115. The molecule has 0 amide bonds. The van der Waals surface area contributed by atoms with Gasteiger partial charge in [-0.25, -0.2) is 4.98 Å². The Labute approximate surface area is 109 Å². The standard InChI is InChI=1S/C12H14N4OS/c1-16(8-11-14-6-7-18-11)10-4-2-9(3-5-10)12(13)15-17/h2-7,17H,8H2,1H3,(H2,13,15). The minimum atomic E-state index is 0.115. The number of oxime groups is 1. The summed E-state index contributed by atoms with van der Waals surface area (Å²) in [6.45, 7) is 0.764. The lowest BCUT2D eigenvalue weighted by Crippen LogP contribution is -2.17. The highest BCUT2D eigenvalue weighted by Crippen LogP contribution is 2.17. The van der Waals surface area contributed by atoms with Crippen molar-refractivity contribution < 1.29 is 5.21 Å². The Balaban J connectivity index is 2.09. The summed E-state index contributed by atoms with van der Waals surface area (Å²) in [6, 6.07) is 7.51. The number of rotatable bonds is 4. The average molecular weight is 262 g/mol. The summed E-state index contributed by atoms with van der Waals surface area (Å²) < 4.78 is 0. The van der Waals surface area contributed by atoms with Crippen LogP contribution in [0.15, 0.2) is 41.0 Å². The van der Waals surface area contributed by atoms with Gasteiger partial charge in [0.05, 0.1) is 6.54 Å². The van der Waals surface area contributed by atoms with Crippen molar-refractivity contribution in [2.45, 2.75) is 6.54 Å². The normalized spacial score (nSPS) is 11.5. The van der Waals surface area contributed by atoms with Gasteiger partial charge < -0.3 is 15.8 Å². The number of thiazole rings is 1. The van der Waals surface area contributed by atoms with E-state index in [1.165, 1.54) is 0 Å². The summed E-state index contributed by atoms with van der Waals surface area (Å²) in [6.07, 6.45) is 1.80. The molecule has 0 atom stereocenters. The first-order valence-electron chi connectivity index (χ1n) is 5.38. The van der Waals surface area contributed by atoms with Crippen molar-refractivity contribution in [3.8, 4) is 0 Å². The van der Waals surface area contributed by atoms with E-state index in [1.54, 1.807) is 17.5 Å². The zero-order valence-electron chi connectivity index (χ0n) is 9.95. The molecular formula is C12H14N4OS. The molecule has 0 fully saturated rings. The van der Waals surface area contributed by atoms with Gasteiger partial charge in [0.1, 0.15) is 5.01 Å². The van der Waals surface area contributed by atoms with Crippen molar-refractivity contribution >= 4 is 22.9 Å². The maximum absolute atomic E-state index is 8.58.